The van der Waals surface area contributed by atoms with Crippen molar-refractivity contribution in [2.24, 2.45) is 0 Å². The Morgan fingerprint density at radius 2 is 1.70 bits per heavy atom. The maximum absolute atomic E-state index is 13.1. The molecule has 40 heavy (non-hydrogen) atoms. The van der Waals surface area contributed by atoms with Crippen LogP contribution >= 0.6 is 11.6 Å². The molecule has 5 aromatic rings. The second-order valence-electron chi connectivity index (χ2n) is 9.42. The van der Waals surface area contributed by atoms with E-state index in [0.29, 0.717) is 33.7 Å². The molecule has 4 aromatic carbocycles. The van der Waals surface area contributed by atoms with Crippen LogP contribution in [-0.4, -0.2) is 35.2 Å². The molecule has 7 nitrogen and oxygen atoms in total. The van der Waals surface area contributed by atoms with Crippen molar-refractivity contribution in [2.45, 2.75) is 18.9 Å². The molecule has 0 aliphatic carbocycles. The number of fused-ring (bicyclic) bond motifs is 1. The fourth-order valence-corrected chi connectivity index (χ4v) is 4.72. The van der Waals surface area contributed by atoms with Gasteiger partial charge in [-0.05, 0) is 82.8 Å². The Morgan fingerprint density at radius 3 is 2.45 bits per heavy atom. The third-order valence-electron chi connectivity index (χ3n) is 6.67. The topological polar surface area (TPSA) is 109 Å². The number of ether oxygens (including phenoxy) is 1. The fraction of sp³-hybridized carbons (Fsp3) is 0.125. The van der Waals surface area contributed by atoms with E-state index >= 15 is 0 Å². The van der Waals surface area contributed by atoms with Gasteiger partial charge in [0.25, 0.3) is 5.91 Å². The number of hydrogen-bond acceptors (Lipinski definition) is 5. The molecule has 0 aliphatic heterocycles. The Morgan fingerprint density at radius 1 is 0.925 bits per heavy atom. The SMILES string of the molecule is COc1cccc(Cc2cc(O)ccc2C[C@H](NC(=O)c2cc3ccc(-c4ccc(Cl)cc4)cc3o2)C(=O)O)c1. The van der Waals surface area contributed by atoms with Gasteiger partial charge in [-0.1, -0.05) is 54.1 Å². The maximum atomic E-state index is 13.1. The number of amides is 1. The van der Waals surface area contributed by atoms with Gasteiger partial charge in [-0.2, -0.15) is 0 Å². The highest BCUT2D eigenvalue weighted by Gasteiger charge is 2.24. The van der Waals surface area contributed by atoms with Gasteiger partial charge in [-0.25, -0.2) is 4.79 Å². The van der Waals surface area contributed by atoms with Crippen LogP contribution in [0, 0.1) is 0 Å². The highest BCUT2D eigenvalue weighted by Crippen LogP contribution is 2.28. The molecule has 0 spiro atoms. The molecular formula is C32H26ClNO6. The summed E-state index contributed by atoms with van der Waals surface area (Å²) in [5.74, 6) is -1.05. The Bertz CT molecular complexity index is 1690. The van der Waals surface area contributed by atoms with Gasteiger partial charge in [0.05, 0.1) is 7.11 Å². The molecular weight excluding hydrogens is 530 g/mol. The Labute approximate surface area is 235 Å². The van der Waals surface area contributed by atoms with Crippen molar-refractivity contribution in [3.05, 3.63) is 118 Å². The first-order valence-corrected chi connectivity index (χ1v) is 12.9. The van der Waals surface area contributed by atoms with E-state index in [1.807, 2.05) is 54.6 Å². The van der Waals surface area contributed by atoms with E-state index in [0.717, 1.165) is 22.3 Å². The molecule has 202 valence electrons. The van der Waals surface area contributed by atoms with Crippen LogP contribution in [0.2, 0.25) is 5.02 Å². The van der Waals surface area contributed by atoms with Gasteiger partial charge in [0.15, 0.2) is 5.76 Å². The molecule has 1 heterocycles. The molecule has 0 fully saturated rings. The third-order valence-corrected chi connectivity index (χ3v) is 6.92. The molecule has 1 atom stereocenters. The van der Waals surface area contributed by atoms with Gasteiger partial charge < -0.3 is 24.7 Å². The lowest BCUT2D eigenvalue weighted by atomic mass is 9.95. The summed E-state index contributed by atoms with van der Waals surface area (Å²) in [6, 6.07) is 25.6. The lowest BCUT2D eigenvalue weighted by Crippen LogP contribution is -2.42. The third kappa shape index (κ3) is 6.11. The van der Waals surface area contributed by atoms with Crippen molar-refractivity contribution in [1.82, 2.24) is 5.32 Å². The highest BCUT2D eigenvalue weighted by molar-refractivity contribution is 6.30. The first-order chi connectivity index (χ1) is 19.3. The first-order valence-electron chi connectivity index (χ1n) is 12.6. The summed E-state index contributed by atoms with van der Waals surface area (Å²) in [5.41, 5.74) is 4.70. The standard InChI is InChI=1S/C32H26ClNO6/c1-39-27-4-2-3-19(14-27)13-24-15-26(35)12-9-21(24)16-28(32(37)38)34-31(36)30-18-23-6-5-22(17-29(23)40-30)20-7-10-25(33)11-8-20/h2-12,14-15,17-18,28,35H,13,16H2,1H3,(H,34,36)(H,37,38)/t28-/m0/s1. The van der Waals surface area contributed by atoms with E-state index in [1.165, 1.54) is 6.07 Å². The molecule has 8 heteroatoms. The van der Waals surface area contributed by atoms with Crippen LogP contribution in [0.3, 0.4) is 0 Å². The number of benzene rings is 4. The quantitative estimate of drug-likeness (QED) is 0.192. The minimum Gasteiger partial charge on any atom is -0.508 e. The first kappa shape index (κ1) is 26.8. The van der Waals surface area contributed by atoms with Gasteiger partial charge in [0.2, 0.25) is 0 Å². The number of hydrogen-bond donors (Lipinski definition) is 3. The van der Waals surface area contributed by atoms with Crippen LogP contribution in [-0.2, 0) is 17.6 Å². The van der Waals surface area contributed by atoms with E-state index in [4.69, 9.17) is 20.8 Å². The molecule has 1 aromatic heterocycles. The second-order valence-corrected chi connectivity index (χ2v) is 9.86. The highest BCUT2D eigenvalue weighted by atomic mass is 35.5. The predicted molar refractivity (Wildman–Crippen MR) is 153 cm³/mol. The smallest absolute Gasteiger partial charge is 0.326 e. The second kappa shape index (κ2) is 11.6. The molecule has 0 bridgehead atoms. The number of furan rings is 1. The molecule has 5 rings (SSSR count). The fourth-order valence-electron chi connectivity index (χ4n) is 4.59. The van der Waals surface area contributed by atoms with E-state index in [-0.39, 0.29) is 17.9 Å². The number of methoxy groups -OCH3 is 1. The van der Waals surface area contributed by atoms with E-state index in [9.17, 15) is 19.8 Å². The number of carboxylic acids is 1. The molecule has 3 N–H and O–H groups in total. The minimum absolute atomic E-state index is 0.0109. The van der Waals surface area contributed by atoms with Gasteiger partial charge in [0.1, 0.15) is 23.1 Å². The molecule has 0 unspecified atom stereocenters. The number of nitrogens with one attached hydrogen (secondary N) is 1. The number of aliphatic carboxylic acids is 1. The van der Waals surface area contributed by atoms with Crippen molar-refractivity contribution in [3.63, 3.8) is 0 Å². The van der Waals surface area contributed by atoms with E-state index in [1.54, 1.807) is 37.4 Å². The van der Waals surface area contributed by atoms with Crippen LogP contribution in [0.25, 0.3) is 22.1 Å². The number of phenols is 1. The Balaban J connectivity index is 1.35. The van der Waals surface area contributed by atoms with Crippen LogP contribution in [0.5, 0.6) is 11.5 Å². The van der Waals surface area contributed by atoms with Gasteiger partial charge >= 0.3 is 5.97 Å². The molecule has 0 saturated carbocycles. The number of carbonyl (C=O) groups is 2. The summed E-state index contributed by atoms with van der Waals surface area (Å²) in [6.07, 6.45) is 0.461. The zero-order chi connectivity index (χ0) is 28.2. The number of aromatic hydroxyl groups is 1. The summed E-state index contributed by atoms with van der Waals surface area (Å²) >= 11 is 5.99. The van der Waals surface area contributed by atoms with E-state index < -0.39 is 17.9 Å². The largest absolute Gasteiger partial charge is 0.508 e. The van der Waals surface area contributed by atoms with Crippen LogP contribution in [0.4, 0.5) is 0 Å². The minimum atomic E-state index is -1.22. The summed E-state index contributed by atoms with van der Waals surface area (Å²) in [5, 5.41) is 24.0. The van der Waals surface area contributed by atoms with Gasteiger partial charge in [-0.15, -0.1) is 0 Å². The van der Waals surface area contributed by atoms with Crippen LogP contribution in [0.15, 0.2) is 95.4 Å². The number of phenolic OH excluding ortho intramolecular Hbond substituents is 1. The normalized spacial score (nSPS) is 11.8. The van der Waals surface area contributed by atoms with Crippen LogP contribution in [0.1, 0.15) is 27.2 Å². The van der Waals surface area contributed by atoms with Crippen LogP contribution < -0.4 is 10.1 Å². The monoisotopic (exact) mass is 555 g/mol. The summed E-state index contributed by atoms with van der Waals surface area (Å²) in [4.78, 5) is 25.2. The number of carboxylic acid groups (broad SMARTS) is 1. The zero-order valence-electron chi connectivity index (χ0n) is 21.6. The van der Waals surface area contributed by atoms with Crippen molar-refractivity contribution < 1.29 is 29.0 Å². The average molecular weight is 556 g/mol. The van der Waals surface area contributed by atoms with Crippen molar-refractivity contribution in [3.8, 4) is 22.6 Å². The molecule has 0 radical (unpaired) electrons. The lowest BCUT2D eigenvalue weighted by Gasteiger charge is -2.17. The maximum Gasteiger partial charge on any atom is 0.326 e. The van der Waals surface area contributed by atoms with Crippen molar-refractivity contribution in [1.29, 1.82) is 0 Å². The summed E-state index contributed by atoms with van der Waals surface area (Å²) in [7, 11) is 1.58. The summed E-state index contributed by atoms with van der Waals surface area (Å²) in [6.45, 7) is 0. The average Bonchev–Trinajstić information content (AvgIpc) is 3.38. The predicted octanol–water partition coefficient (Wildman–Crippen LogP) is 6.48. The van der Waals surface area contributed by atoms with Gasteiger partial charge in [0, 0.05) is 16.8 Å². The molecule has 0 saturated heterocycles. The number of carbonyl (C=O) groups excluding carboxylic acids is 1. The molecule has 0 aliphatic rings. The number of halogens is 1. The van der Waals surface area contributed by atoms with Crippen molar-refractivity contribution >= 4 is 34.4 Å². The van der Waals surface area contributed by atoms with Crippen molar-refractivity contribution in [2.75, 3.05) is 7.11 Å². The molecule has 1 amide bonds. The van der Waals surface area contributed by atoms with E-state index in [2.05, 4.69) is 5.32 Å². The Hall–Kier alpha value is -4.75. The number of rotatable bonds is 9. The zero-order valence-corrected chi connectivity index (χ0v) is 22.3. The van der Waals surface area contributed by atoms with Gasteiger partial charge in [-0.3, -0.25) is 4.79 Å². The summed E-state index contributed by atoms with van der Waals surface area (Å²) < 4.78 is 11.1. The lowest BCUT2D eigenvalue weighted by molar-refractivity contribution is -0.139. The Kier molecular flexibility index (Phi) is 7.75.